The highest BCUT2D eigenvalue weighted by Gasteiger charge is 2.18. The molecule has 2 aromatic heterocycles. The van der Waals surface area contributed by atoms with Crippen molar-refractivity contribution >= 4 is 5.78 Å². The van der Waals surface area contributed by atoms with Gasteiger partial charge >= 0.3 is 0 Å². The smallest absolute Gasteiger partial charge is 0.166 e. The van der Waals surface area contributed by atoms with Crippen LogP contribution in [0.2, 0.25) is 0 Å². The Bertz CT molecular complexity index is 637. The number of aromatic nitrogens is 4. The van der Waals surface area contributed by atoms with E-state index in [9.17, 15) is 4.79 Å². The van der Waals surface area contributed by atoms with E-state index in [0.717, 1.165) is 34.6 Å². The molecule has 0 atom stereocenters. The first-order chi connectivity index (χ1) is 9.45. The second-order valence-corrected chi connectivity index (χ2v) is 5.26. The quantitative estimate of drug-likeness (QED) is 0.787. The van der Waals surface area contributed by atoms with Crippen LogP contribution >= 0.6 is 0 Å². The van der Waals surface area contributed by atoms with Crippen molar-refractivity contribution in [3.63, 3.8) is 0 Å². The zero-order chi connectivity index (χ0) is 14.9. The van der Waals surface area contributed by atoms with Gasteiger partial charge in [-0.05, 0) is 27.2 Å². The highest BCUT2D eigenvalue weighted by molar-refractivity contribution is 5.98. The van der Waals surface area contributed by atoms with Gasteiger partial charge in [0.2, 0.25) is 0 Å². The summed E-state index contributed by atoms with van der Waals surface area (Å²) in [6, 6.07) is 0. The van der Waals surface area contributed by atoms with Crippen molar-refractivity contribution in [3.05, 3.63) is 34.4 Å². The van der Waals surface area contributed by atoms with E-state index in [1.54, 1.807) is 0 Å². The van der Waals surface area contributed by atoms with Crippen molar-refractivity contribution in [2.24, 2.45) is 7.05 Å². The van der Waals surface area contributed by atoms with Crippen LogP contribution in [0.1, 0.15) is 52.8 Å². The number of hydrogen-bond acceptors (Lipinski definition) is 3. The van der Waals surface area contributed by atoms with Crippen LogP contribution in [0.15, 0.2) is 6.20 Å². The molecule has 0 saturated carbocycles. The average Bonchev–Trinajstić information content (AvgIpc) is 2.84. The Morgan fingerprint density at radius 2 is 1.95 bits per heavy atom. The summed E-state index contributed by atoms with van der Waals surface area (Å²) < 4.78 is 3.76. The Balaban J connectivity index is 2.32. The van der Waals surface area contributed by atoms with E-state index in [4.69, 9.17) is 0 Å². The molecule has 0 aliphatic rings. The molecule has 2 rings (SSSR count). The van der Waals surface area contributed by atoms with Gasteiger partial charge in [-0.25, -0.2) is 0 Å². The molecule has 0 aliphatic carbocycles. The van der Waals surface area contributed by atoms with Crippen LogP contribution < -0.4 is 0 Å². The Kier molecular flexibility index (Phi) is 4.06. The molecular formula is C15H22N4O. The maximum absolute atomic E-state index is 12.2. The molecule has 5 heteroatoms. The lowest BCUT2D eigenvalue weighted by molar-refractivity contribution is 0.0980. The van der Waals surface area contributed by atoms with Gasteiger partial charge in [0, 0.05) is 30.4 Å². The van der Waals surface area contributed by atoms with Gasteiger partial charge in [-0.3, -0.25) is 14.2 Å². The van der Waals surface area contributed by atoms with E-state index >= 15 is 0 Å². The zero-order valence-electron chi connectivity index (χ0n) is 12.9. The van der Waals surface area contributed by atoms with Crippen LogP contribution in [0.5, 0.6) is 0 Å². The summed E-state index contributed by atoms with van der Waals surface area (Å²) in [4.78, 5) is 12.2. The molecule has 0 aromatic carbocycles. The highest BCUT2D eigenvalue weighted by Crippen LogP contribution is 2.18. The van der Waals surface area contributed by atoms with E-state index in [2.05, 4.69) is 10.2 Å². The fraction of sp³-hybridized carbons (Fsp3) is 0.533. The van der Waals surface area contributed by atoms with E-state index < -0.39 is 0 Å². The van der Waals surface area contributed by atoms with Crippen LogP contribution in [-0.2, 0) is 13.6 Å². The van der Waals surface area contributed by atoms with Crippen molar-refractivity contribution in [3.8, 4) is 0 Å². The number of nitrogens with zero attached hydrogens (tertiary/aromatic N) is 4. The Morgan fingerprint density at radius 1 is 1.25 bits per heavy atom. The molecule has 0 bridgehead atoms. The summed E-state index contributed by atoms with van der Waals surface area (Å²) in [7, 11) is 1.93. The van der Waals surface area contributed by atoms with Gasteiger partial charge in [-0.1, -0.05) is 6.92 Å². The first kappa shape index (κ1) is 14.5. The predicted octanol–water partition coefficient (Wildman–Crippen LogP) is 2.57. The molecule has 0 aliphatic heterocycles. The largest absolute Gasteiger partial charge is 0.294 e. The lowest BCUT2D eigenvalue weighted by Gasteiger charge is -2.05. The number of carbonyl (C=O) groups is 1. The third-order valence-electron chi connectivity index (χ3n) is 3.79. The zero-order valence-corrected chi connectivity index (χ0v) is 12.9. The summed E-state index contributed by atoms with van der Waals surface area (Å²) in [6.07, 6.45) is 3.31. The monoisotopic (exact) mass is 274 g/mol. The third-order valence-corrected chi connectivity index (χ3v) is 3.79. The summed E-state index contributed by atoms with van der Waals surface area (Å²) in [5.74, 6) is 0.191. The minimum Gasteiger partial charge on any atom is -0.294 e. The summed E-state index contributed by atoms with van der Waals surface area (Å²) in [5, 5.41) is 8.76. The molecule has 5 nitrogen and oxygen atoms in total. The molecular weight excluding hydrogens is 252 g/mol. The van der Waals surface area contributed by atoms with Crippen LogP contribution in [0.3, 0.4) is 0 Å². The average molecular weight is 274 g/mol. The molecule has 2 aromatic rings. The number of rotatable bonds is 5. The molecule has 0 unspecified atom stereocenters. The predicted molar refractivity (Wildman–Crippen MR) is 78.0 cm³/mol. The Hall–Kier alpha value is -1.91. The fourth-order valence-corrected chi connectivity index (χ4v) is 2.47. The number of Topliss-reactive ketones (excluding diaryl/α,β-unsaturated/α-hetero) is 1. The van der Waals surface area contributed by atoms with E-state index in [1.807, 2.05) is 50.3 Å². The maximum atomic E-state index is 12.2. The molecule has 20 heavy (non-hydrogen) atoms. The molecule has 0 fully saturated rings. The molecule has 0 N–H and O–H groups in total. The van der Waals surface area contributed by atoms with Gasteiger partial charge in [0.25, 0.3) is 0 Å². The standard InChI is InChI=1S/C15H22N4O/c1-6-7-14(20)15-10(2)17-19(12(15)4)9-13-8-16-18(5)11(13)3/h8H,6-7,9H2,1-5H3. The number of hydrogen-bond donors (Lipinski definition) is 0. The minimum atomic E-state index is 0.191. The van der Waals surface area contributed by atoms with Crippen molar-refractivity contribution in [2.45, 2.75) is 47.1 Å². The van der Waals surface area contributed by atoms with Gasteiger partial charge in [0.15, 0.2) is 5.78 Å². The van der Waals surface area contributed by atoms with Gasteiger partial charge in [-0.2, -0.15) is 10.2 Å². The normalized spacial score (nSPS) is 11.1. The molecule has 0 radical (unpaired) electrons. The molecule has 108 valence electrons. The van der Waals surface area contributed by atoms with E-state index in [-0.39, 0.29) is 5.78 Å². The van der Waals surface area contributed by atoms with Gasteiger partial charge in [0.1, 0.15) is 0 Å². The lowest BCUT2D eigenvalue weighted by atomic mass is 10.1. The van der Waals surface area contributed by atoms with Crippen molar-refractivity contribution < 1.29 is 4.79 Å². The molecule has 2 heterocycles. The number of carbonyl (C=O) groups excluding carboxylic acids is 1. The van der Waals surface area contributed by atoms with Crippen LogP contribution in [0.4, 0.5) is 0 Å². The first-order valence-corrected chi connectivity index (χ1v) is 7.00. The number of aryl methyl sites for hydroxylation is 2. The highest BCUT2D eigenvalue weighted by atomic mass is 16.1. The van der Waals surface area contributed by atoms with Gasteiger partial charge in [0.05, 0.1) is 24.0 Å². The van der Waals surface area contributed by atoms with Gasteiger partial charge in [-0.15, -0.1) is 0 Å². The molecule has 0 amide bonds. The third kappa shape index (κ3) is 2.53. The molecule has 0 spiro atoms. The van der Waals surface area contributed by atoms with E-state index in [1.165, 1.54) is 0 Å². The SMILES string of the molecule is CCCC(=O)c1c(C)nn(Cc2cnn(C)c2C)c1C. The van der Waals surface area contributed by atoms with Crippen LogP contribution in [-0.4, -0.2) is 25.3 Å². The molecule has 0 saturated heterocycles. The van der Waals surface area contributed by atoms with Gasteiger partial charge < -0.3 is 0 Å². The Morgan fingerprint density at radius 3 is 2.50 bits per heavy atom. The summed E-state index contributed by atoms with van der Waals surface area (Å²) in [5.41, 5.74) is 4.81. The minimum absolute atomic E-state index is 0.191. The maximum Gasteiger partial charge on any atom is 0.166 e. The Labute approximate surface area is 119 Å². The second-order valence-electron chi connectivity index (χ2n) is 5.26. The second kappa shape index (κ2) is 5.61. The number of ketones is 1. The van der Waals surface area contributed by atoms with E-state index in [0.29, 0.717) is 13.0 Å². The van der Waals surface area contributed by atoms with Crippen LogP contribution in [0.25, 0.3) is 0 Å². The first-order valence-electron chi connectivity index (χ1n) is 7.00. The van der Waals surface area contributed by atoms with Crippen molar-refractivity contribution in [1.82, 2.24) is 19.6 Å². The lowest BCUT2D eigenvalue weighted by Crippen LogP contribution is -2.07. The summed E-state index contributed by atoms with van der Waals surface area (Å²) in [6.45, 7) is 8.59. The topological polar surface area (TPSA) is 52.7 Å². The summed E-state index contributed by atoms with van der Waals surface area (Å²) >= 11 is 0. The fourth-order valence-electron chi connectivity index (χ4n) is 2.47. The van der Waals surface area contributed by atoms with Crippen molar-refractivity contribution in [1.29, 1.82) is 0 Å². The van der Waals surface area contributed by atoms with Crippen molar-refractivity contribution in [2.75, 3.05) is 0 Å². The van der Waals surface area contributed by atoms with Crippen LogP contribution in [0, 0.1) is 20.8 Å².